The fraction of sp³-hybridized carbons (Fsp3) is 0.105. The first-order chi connectivity index (χ1) is 12.6. The fourth-order valence-corrected chi connectivity index (χ4v) is 2.41. The van der Waals surface area contributed by atoms with Gasteiger partial charge in [0.25, 0.3) is 5.91 Å². The third-order valence-corrected chi connectivity index (χ3v) is 3.85. The first-order valence-electron chi connectivity index (χ1n) is 7.97. The lowest BCUT2D eigenvalue weighted by atomic mass is 10.1. The molecule has 0 atom stereocenters. The molecule has 0 aliphatic carbocycles. The molecule has 1 amide bonds. The summed E-state index contributed by atoms with van der Waals surface area (Å²) in [4.78, 5) is 20.4. The van der Waals surface area contributed by atoms with E-state index in [9.17, 15) is 9.18 Å². The van der Waals surface area contributed by atoms with Gasteiger partial charge in [-0.05, 0) is 42.3 Å². The van der Waals surface area contributed by atoms with Crippen LogP contribution >= 0.6 is 11.6 Å². The number of carbonyl (C=O) groups excluding carboxylic acids is 1. The van der Waals surface area contributed by atoms with Crippen LogP contribution in [-0.4, -0.2) is 22.4 Å². The van der Waals surface area contributed by atoms with Gasteiger partial charge in [-0.2, -0.15) is 0 Å². The molecule has 7 heteroatoms. The van der Waals surface area contributed by atoms with Gasteiger partial charge >= 0.3 is 0 Å². The van der Waals surface area contributed by atoms with Gasteiger partial charge in [-0.25, -0.2) is 14.4 Å². The maximum absolute atomic E-state index is 13.1. The van der Waals surface area contributed by atoms with E-state index in [1.54, 1.807) is 6.07 Å². The molecule has 3 aromatic rings. The first-order valence-corrected chi connectivity index (χ1v) is 8.35. The molecule has 0 saturated heterocycles. The molecule has 0 radical (unpaired) electrons. The Balaban J connectivity index is 1.52. The number of rotatable bonds is 6. The van der Waals surface area contributed by atoms with Crippen molar-refractivity contribution in [1.29, 1.82) is 0 Å². The molecule has 1 heterocycles. The van der Waals surface area contributed by atoms with Crippen LogP contribution < -0.4 is 10.6 Å². The monoisotopic (exact) mass is 370 g/mol. The van der Waals surface area contributed by atoms with Crippen LogP contribution in [0.1, 0.15) is 16.1 Å². The molecule has 26 heavy (non-hydrogen) atoms. The highest BCUT2D eigenvalue weighted by Gasteiger charge is 2.09. The van der Waals surface area contributed by atoms with Crippen LogP contribution in [-0.2, 0) is 6.42 Å². The average Bonchev–Trinajstić information content (AvgIpc) is 2.64. The molecule has 132 valence electrons. The summed E-state index contributed by atoms with van der Waals surface area (Å²) in [6.07, 6.45) is 3.67. The molecular weight excluding hydrogens is 355 g/mol. The number of aromatic nitrogens is 2. The quantitative estimate of drug-likeness (QED) is 0.683. The molecule has 3 rings (SSSR count). The smallest absolute Gasteiger partial charge is 0.275 e. The number of anilines is 2. The topological polar surface area (TPSA) is 66.9 Å². The number of halogens is 2. The van der Waals surface area contributed by atoms with Crippen LogP contribution in [0, 0.1) is 5.82 Å². The summed E-state index contributed by atoms with van der Waals surface area (Å²) >= 11 is 5.86. The summed E-state index contributed by atoms with van der Waals surface area (Å²) in [5.74, 6) is -0.300. The molecule has 0 bridgehead atoms. The first kappa shape index (κ1) is 17.8. The third kappa shape index (κ3) is 5.00. The van der Waals surface area contributed by atoms with Gasteiger partial charge in [-0.15, -0.1) is 0 Å². The summed E-state index contributed by atoms with van der Waals surface area (Å²) in [6.45, 7) is 0.672. The lowest BCUT2D eigenvalue weighted by molar-refractivity contribution is 0.102. The largest absolute Gasteiger partial charge is 0.368 e. The number of carbonyl (C=O) groups is 1. The molecule has 5 nitrogen and oxygen atoms in total. The molecule has 0 unspecified atom stereocenters. The molecule has 2 N–H and O–H groups in total. The highest BCUT2D eigenvalue weighted by atomic mass is 35.5. The molecule has 1 aromatic heterocycles. The van der Waals surface area contributed by atoms with Gasteiger partial charge < -0.3 is 10.6 Å². The van der Waals surface area contributed by atoms with Crippen molar-refractivity contribution in [3.8, 4) is 0 Å². The highest BCUT2D eigenvalue weighted by molar-refractivity contribution is 6.30. The zero-order valence-corrected chi connectivity index (χ0v) is 14.5. The zero-order valence-electron chi connectivity index (χ0n) is 13.7. The predicted molar refractivity (Wildman–Crippen MR) is 100 cm³/mol. The van der Waals surface area contributed by atoms with E-state index in [4.69, 9.17) is 11.6 Å². The van der Waals surface area contributed by atoms with Crippen molar-refractivity contribution in [3.63, 3.8) is 0 Å². The van der Waals surface area contributed by atoms with Crippen LogP contribution in [0.3, 0.4) is 0 Å². The van der Waals surface area contributed by atoms with Crippen LogP contribution in [0.25, 0.3) is 0 Å². The summed E-state index contributed by atoms with van der Waals surface area (Å²) in [6, 6.07) is 13.3. The second-order valence-corrected chi connectivity index (χ2v) is 5.99. The summed E-state index contributed by atoms with van der Waals surface area (Å²) in [5, 5.41) is 6.43. The molecule has 2 aromatic carbocycles. The van der Waals surface area contributed by atoms with Crippen LogP contribution in [0.4, 0.5) is 15.9 Å². The van der Waals surface area contributed by atoms with E-state index in [1.165, 1.54) is 30.6 Å². The minimum Gasteiger partial charge on any atom is -0.368 e. The lowest BCUT2D eigenvalue weighted by Gasteiger charge is -2.07. The number of hydrogen-bond acceptors (Lipinski definition) is 4. The van der Waals surface area contributed by atoms with E-state index in [0.717, 1.165) is 12.0 Å². The van der Waals surface area contributed by atoms with E-state index in [2.05, 4.69) is 20.6 Å². The third-order valence-electron chi connectivity index (χ3n) is 3.60. The van der Waals surface area contributed by atoms with Crippen LogP contribution in [0.2, 0.25) is 5.02 Å². The van der Waals surface area contributed by atoms with Crippen molar-refractivity contribution in [2.45, 2.75) is 6.42 Å². The van der Waals surface area contributed by atoms with E-state index >= 15 is 0 Å². The predicted octanol–water partition coefficient (Wildman–Crippen LogP) is 4.18. The van der Waals surface area contributed by atoms with Crippen molar-refractivity contribution < 1.29 is 9.18 Å². The van der Waals surface area contributed by atoms with Crippen molar-refractivity contribution in [3.05, 3.63) is 83.0 Å². The van der Waals surface area contributed by atoms with Crippen molar-refractivity contribution in [1.82, 2.24) is 9.97 Å². The van der Waals surface area contributed by atoms with Crippen molar-refractivity contribution in [2.75, 3.05) is 17.2 Å². The zero-order chi connectivity index (χ0) is 18.4. The minimum absolute atomic E-state index is 0.150. The van der Waals surface area contributed by atoms with Gasteiger partial charge in [0.1, 0.15) is 17.3 Å². The number of benzene rings is 2. The summed E-state index contributed by atoms with van der Waals surface area (Å²) in [7, 11) is 0. The molecular formula is C19H16ClFN4O. The number of nitrogens with one attached hydrogen (secondary N) is 2. The number of hydrogen-bond donors (Lipinski definition) is 2. The van der Waals surface area contributed by atoms with E-state index in [-0.39, 0.29) is 5.69 Å². The normalized spacial score (nSPS) is 10.4. The van der Waals surface area contributed by atoms with E-state index in [1.807, 2.05) is 24.3 Å². The SMILES string of the molecule is O=C(Nc1cccc(F)c1)c1cnc(NCCc2ccc(Cl)cc2)cn1. The highest BCUT2D eigenvalue weighted by Crippen LogP contribution is 2.12. The van der Waals surface area contributed by atoms with Crippen LogP contribution in [0.5, 0.6) is 0 Å². The van der Waals surface area contributed by atoms with Crippen LogP contribution in [0.15, 0.2) is 60.9 Å². The Labute approximate surface area is 155 Å². The van der Waals surface area contributed by atoms with Gasteiger partial charge in [-0.3, -0.25) is 4.79 Å². The van der Waals surface area contributed by atoms with Crippen molar-refractivity contribution in [2.24, 2.45) is 0 Å². The molecule has 0 spiro atoms. The number of amides is 1. The van der Waals surface area contributed by atoms with Gasteiger partial charge in [0.15, 0.2) is 0 Å². The Bertz CT molecular complexity index is 885. The molecule has 0 saturated carbocycles. The lowest BCUT2D eigenvalue weighted by Crippen LogP contribution is -2.15. The maximum Gasteiger partial charge on any atom is 0.275 e. The Morgan fingerprint density at radius 1 is 1.08 bits per heavy atom. The maximum atomic E-state index is 13.1. The number of nitrogens with zero attached hydrogens (tertiary/aromatic N) is 2. The Morgan fingerprint density at radius 3 is 2.58 bits per heavy atom. The van der Waals surface area contributed by atoms with Gasteiger partial charge in [-0.1, -0.05) is 29.8 Å². The summed E-state index contributed by atoms with van der Waals surface area (Å²) in [5.41, 5.74) is 1.67. The molecule has 0 aliphatic heterocycles. The van der Waals surface area contributed by atoms with Gasteiger partial charge in [0.05, 0.1) is 12.4 Å². The van der Waals surface area contributed by atoms with E-state index < -0.39 is 11.7 Å². The minimum atomic E-state index is -0.448. The van der Waals surface area contributed by atoms with Gasteiger partial charge in [0, 0.05) is 17.3 Å². The van der Waals surface area contributed by atoms with Crippen molar-refractivity contribution >= 4 is 29.0 Å². The average molecular weight is 371 g/mol. The fourth-order valence-electron chi connectivity index (χ4n) is 2.28. The standard InChI is InChI=1S/C19H16ClFN4O/c20-14-6-4-13(5-7-14)8-9-22-18-12-23-17(11-24-18)19(26)25-16-3-1-2-15(21)10-16/h1-7,10-12H,8-9H2,(H,22,24)(H,25,26). The summed E-state index contributed by atoms with van der Waals surface area (Å²) < 4.78 is 13.1. The Hall–Kier alpha value is -2.99. The Kier molecular flexibility index (Phi) is 5.76. The second kappa shape index (κ2) is 8.40. The molecule has 0 fully saturated rings. The molecule has 0 aliphatic rings. The van der Waals surface area contributed by atoms with Gasteiger partial charge in [0.2, 0.25) is 0 Å². The second-order valence-electron chi connectivity index (χ2n) is 5.55. The Morgan fingerprint density at radius 2 is 1.88 bits per heavy atom. The van der Waals surface area contributed by atoms with E-state index in [0.29, 0.717) is 23.1 Å².